The number of benzene rings is 1. The smallest absolute Gasteiger partial charge is 0.270 e. The van der Waals surface area contributed by atoms with E-state index in [2.05, 4.69) is 4.98 Å². The Morgan fingerprint density at radius 3 is 2.40 bits per heavy atom. The molecule has 8 heteroatoms. The Morgan fingerprint density at radius 1 is 1.25 bits per heavy atom. The molecule has 0 aliphatic rings. The van der Waals surface area contributed by atoms with Crippen molar-refractivity contribution in [2.75, 3.05) is 0 Å². The van der Waals surface area contributed by atoms with Gasteiger partial charge < -0.3 is 4.79 Å². The maximum absolute atomic E-state index is 12.5. The van der Waals surface area contributed by atoms with E-state index < -0.39 is 10.0 Å². The van der Waals surface area contributed by atoms with Crippen LogP contribution in [0.1, 0.15) is 11.3 Å². The predicted molar refractivity (Wildman–Crippen MR) is 75.8 cm³/mol. The van der Waals surface area contributed by atoms with Crippen molar-refractivity contribution in [3.05, 3.63) is 46.0 Å². The predicted octanol–water partition coefficient (Wildman–Crippen LogP) is 2.48. The van der Waals surface area contributed by atoms with E-state index >= 15 is 0 Å². The molecule has 20 heavy (non-hydrogen) atoms. The molecule has 5 nitrogen and oxygen atoms in total. The standard InChI is InChI=1S/C12H10Cl2N2O3S/c1-8-2-4-9(5-3-8)20(18,19)16-10(6-7-17)11(13)15-12(16)14/h2-5,7H,6H2,1H3. The highest BCUT2D eigenvalue weighted by atomic mass is 35.5. The van der Waals surface area contributed by atoms with Crippen LogP contribution in [0.25, 0.3) is 0 Å². The lowest BCUT2D eigenvalue weighted by Crippen LogP contribution is -2.16. The highest BCUT2D eigenvalue weighted by Crippen LogP contribution is 2.26. The summed E-state index contributed by atoms with van der Waals surface area (Å²) in [7, 11) is -3.94. The van der Waals surface area contributed by atoms with Gasteiger partial charge in [-0.2, -0.15) is 0 Å². The summed E-state index contributed by atoms with van der Waals surface area (Å²) in [5.41, 5.74) is 0.971. The number of rotatable bonds is 4. The van der Waals surface area contributed by atoms with Crippen molar-refractivity contribution in [2.24, 2.45) is 0 Å². The van der Waals surface area contributed by atoms with Gasteiger partial charge in [-0.1, -0.05) is 29.3 Å². The van der Waals surface area contributed by atoms with Crippen LogP contribution in [0.15, 0.2) is 29.2 Å². The van der Waals surface area contributed by atoms with Crippen LogP contribution in [0.2, 0.25) is 10.4 Å². The number of carbonyl (C=O) groups excluding carboxylic acids is 1. The third-order valence-electron chi connectivity index (χ3n) is 2.68. The minimum Gasteiger partial charge on any atom is -0.303 e. The SMILES string of the molecule is Cc1ccc(S(=O)(=O)n2c(Cl)nc(Cl)c2CC=O)cc1. The summed E-state index contributed by atoms with van der Waals surface area (Å²) < 4.78 is 25.9. The number of hydrogen-bond donors (Lipinski definition) is 0. The van der Waals surface area contributed by atoms with Gasteiger partial charge >= 0.3 is 0 Å². The zero-order chi connectivity index (χ0) is 14.9. The van der Waals surface area contributed by atoms with Crippen molar-refractivity contribution in [3.63, 3.8) is 0 Å². The molecule has 0 saturated heterocycles. The molecule has 0 unspecified atom stereocenters. The summed E-state index contributed by atoms with van der Waals surface area (Å²) in [5.74, 6) is 0. The van der Waals surface area contributed by atoms with Crippen LogP contribution in [0, 0.1) is 6.92 Å². The number of hydrogen-bond acceptors (Lipinski definition) is 4. The van der Waals surface area contributed by atoms with E-state index in [-0.39, 0.29) is 27.4 Å². The van der Waals surface area contributed by atoms with Crippen LogP contribution in [0.3, 0.4) is 0 Å². The maximum atomic E-state index is 12.5. The Morgan fingerprint density at radius 2 is 1.85 bits per heavy atom. The normalized spacial score (nSPS) is 11.6. The summed E-state index contributed by atoms with van der Waals surface area (Å²) in [6, 6.07) is 6.25. The van der Waals surface area contributed by atoms with E-state index in [4.69, 9.17) is 23.2 Å². The summed E-state index contributed by atoms with van der Waals surface area (Å²) in [5, 5.41) is -0.398. The second kappa shape index (κ2) is 5.55. The van der Waals surface area contributed by atoms with Gasteiger partial charge in [0.1, 0.15) is 6.29 Å². The molecule has 0 bridgehead atoms. The minimum absolute atomic E-state index is 0.0474. The van der Waals surface area contributed by atoms with Crippen LogP contribution in [-0.4, -0.2) is 23.7 Å². The molecule has 1 aromatic heterocycles. The highest BCUT2D eigenvalue weighted by Gasteiger charge is 2.26. The van der Waals surface area contributed by atoms with E-state index in [0.29, 0.717) is 6.29 Å². The highest BCUT2D eigenvalue weighted by molar-refractivity contribution is 7.90. The second-order valence-electron chi connectivity index (χ2n) is 4.07. The van der Waals surface area contributed by atoms with Crippen molar-refractivity contribution in [2.45, 2.75) is 18.2 Å². The first kappa shape index (κ1) is 15.0. The number of carbonyl (C=O) groups is 1. The van der Waals surface area contributed by atoms with Gasteiger partial charge in [0, 0.05) is 6.42 Å². The number of halogens is 2. The molecule has 0 N–H and O–H groups in total. The molecule has 1 heterocycles. The maximum Gasteiger partial charge on any atom is 0.270 e. The van der Waals surface area contributed by atoms with Crippen molar-refractivity contribution in [1.82, 2.24) is 8.96 Å². The number of aldehydes is 1. The van der Waals surface area contributed by atoms with Crippen molar-refractivity contribution in [3.8, 4) is 0 Å². The average molecular weight is 333 g/mol. The molecule has 0 atom stereocenters. The van der Waals surface area contributed by atoms with E-state index in [1.807, 2.05) is 6.92 Å². The van der Waals surface area contributed by atoms with Crippen LogP contribution in [-0.2, 0) is 21.2 Å². The Balaban J connectivity index is 2.66. The average Bonchev–Trinajstić information content (AvgIpc) is 2.66. The van der Waals surface area contributed by atoms with Crippen molar-refractivity contribution < 1.29 is 13.2 Å². The summed E-state index contributed by atoms with van der Waals surface area (Å²) in [6.07, 6.45) is 0.351. The lowest BCUT2D eigenvalue weighted by Gasteiger charge is -2.09. The van der Waals surface area contributed by atoms with E-state index in [1.165, 1.54) is 12.1 Å². The number of aromatic nitrogens is 2. The van der Waals surface area contributed by atoms with Crippen LogP contribution in [0.4, 0.5) is 0 Å². The first-order chi connectivity index (χ1) is 9.37. The zero-order valence-corrected chi connectivity index (χ0v) is 12.7. The van der Waals surface area contributed by atoms with Gasteiger partial charge in [0.05, 0.1) is 10.6 Å². The third-order valence-corrected chi connectivity index (χ3v) is 5.08. The molecule has 1 aromatic carbocycles. The van der Waals surface area contributed by atoms with Crippen LogP contribution in [0.5, 0.6) is 0 Å². The second-order valence-corrected chi connectivity index (χ2v) is 6.55. The minimum atomic E-state index is -3.94. The lowest BCUT2D eigenvalue weighted by atomic mass is 10.2. The molecule has 2 aromatic rings. The van der Waals surface area contributed by atoms with Gasteiger partial charge in [0.25, 0.3) is 10.0 Å². The summed E-state index contributed by atoms with van der Waals surface area (Å²) >= 11 is 11.6. The Kier molecular flexibility index (Phi) is 4.17. The number of imidazole rings is 1. The van der Waals surface area contributed by atoms with Crippen LogP contribution >= 0.6 is 23.2 Å². The van der Waals surface area contributed by atoms with Gasteiger partial charge in [-0.25, -0.2) is 17.4 Å². The van der Waals surface area contributed by atoms with Crippen LogP contribution < -0.4 is 0 Å². The molecule has 0 spiro atoms. The quantitative estimate of drug-likeness (QED) is 0.806. The van der Waals surface area contributed by atoms with Gasteiger partial charge in [-0.05, 0) is 30.7 Å². The molecule has 106 valence electrons. The Bertz CT molecular complexity index is 752. The molecule has 0 aliphatic carbocycles. The first-order valence-electron chi connectivity index (χ1n) is 5.56. The van der Waals surface area contributed by atoms with Crippen molar-refractivity contribution >= 4 is 39.5 Å². The molecule has 0 amide bonds. The Hall–Kier alpha value is -1.37. The zero-order valence-electron chi connectivity index (χ0n) is 10.4. The summed E-state index contributed by atoms with van der Waals surface area (Å²) in [6.45, 7) is 1.84. The van der Waals surface area contributed by atoms with E-state index in [0.717, 1.165) is 9.54 Å². The lowest BCUT2D eigenvalue weighted by molar-refractivity contribution is -0.107. The molecule has 0 saturated carbocycles. The monoisotopic (exact) mass is 332 g/mol. The molecule has 0 aliphatic heterocycles. The molecular formula is C12H10Cl2N2O3S. The van der Waals surface area contributed by atoms with Gasteiger partial charge in [-0.15, -0.1) is 0 Å². The number of aryl methyl sites for hydroxylation is 1. The molecule has 0 radical (unpaired) electrons. The Labute approximate surface area is 126 Å². The van der Waals surface area contributed by atoms with Gasteiger partial charge in [0.15, 0.2) is 5.15 Å². The molecule has 2 rings (SSSR count). The van der Waals surface area contributed by atoms with E-state index in [9.17, 15) is 13.2 Å². The fourth-order valence-corrected chi connectivity index (χ4v) is 3.87. The van der Waals surface area contributed by atoms with E-state index in [1.54, 1.807) is 12.1 Å². The third kappa shape index (κ3) is 2.59. The topological polar surface area (TPSA) is 69.0 Å². The van der Waals surface area contributed by atoms with Gasteiger partial charge in [-0.3, -0.25) is 0 Å². The molecule has 0 fully saturated rings. The van der Waals surface area contributed by atoms with Gasteiger partial charge in [0.2, 0.25) is 5.28 Å². The number of nitrogens with zero attached hydrogens (tertiary/aromatic N) is 2. The molecular weight excluding hydrogens is 323 g/mol. The fourth-order valence-electron chi connectivity index (χ4n) is 1.69. The fraction of sp³-hybridized carbons (Fsp3) is 0.167. The van der Waals surface area contributed by atoms with Crippen molar-refractivity contribution in [1.29, 1.82) is 0 Å². The largest absolute Gasteiger partial charge is 0.303 e. The first-order valence-corrected chi connectivity index (χ1v) is 7.76. The summed E-state index contributed by atoms with van der Waals surface area (Å²) in [4.78, 5) is 14.4.